The maximum atomic E-state index is 13.3. The second kappa shape index (κ2) is 4.58. The van der Waals surface area contributed by atoms with E-state index in [1.165, 1.54) is 6.42 Å². The normalized spacial score (nSPS) is 52.2. The first-order valence-electron chi connectivity index (χ1n) is 7.62. The molecule has 5 rings (SSSR count). The first-order valence-corrected chi connectivity index (χ1v) is 7.62. The van der Waals surface area contributed by atoms with Crippen molar-refractivity contribution in [3.8, 4) is 0 Å². The number of nitrogens with one attached hydrogen (secondary N) is 1. The molecule has 0 amide bonds. The largest absolute Gasteiger partial charge is 0.475 e. The van der Waals surface area contributed by atoms with Gasteiger partial charge in [0.2, 0.25) is 0 Å². The highest BCUT2D eigenvalue weighted by Gasteiger charge is 2.68. The standard InChI is InChI=1S/C14H23BFNO2.ClH/c1-13(2)8-4-10(13)14(3)11(5-8)18-15(19-14)12-6-9(16)7-17-12;/h8-12,17H,4-7H2,1-3H3;1H/t8-,9-,10-,11?,12?,14-;/m0./s1. The topological polar surface area (TPSA) is 30.5 Å². The fourth-order valence-corrected chi connectivity index (χ4v) is 5.00. The van der Waals surface area contributed by atoms with Crippen LogP contribution in [0.15, 0.2) is 0 Å². The number of hydrogen-bond donors (Lipinski definition) is 1. The van der Waals surface area contributed by atoms with E-state index in [2.05, 4.69) is 26.1 Å². The van der Waals surface area contributed by atoms with E-state index in [0.29, 0.717) is 24.3 Å². The quantitative estimate of drug-likeness (QED) is 0.755. The molecule has 0 aromatic rings. The molecule has 3 saturated carbocycles. The van der Waals surface area contributed by atoms with Crippen LogP contribution in [-0.2, 0) is 9.31 Å². The maximum Gasteiger partial charge on any atom is 0.475 e. The third-order valence-electron chi connectivity index (χ3n) is 6.41. The molecule has 0 aromatic carbocycles. The first kappa shape index (κ1) is 15.1. The van der Waals surface area contributed by atoms with E-state index in [1.807, 2.05) is 0 Å². The molecular formula is C14H24BClFNO2. The van der Waals surface area contributed by atoms with Gasteiger partial charge in [0, 0.05) is 12.5 Å². The Balaban J connectivity index is 0.00000121. The van der Waals surface area contributed by atoms with Crippen molar-refractivity contribution in [1.82, 2.24) is 5.32 Å². The van der Waals surface area contributed by atoms with Gasteiger partial charge in [0.05, 0.1) is 11.7 Å². The van der Waals surface area contributed by atoms with Crippen molar-refractivity contribution in [2.45, 2.75) is 63.9 Å². The Labute approximate surface area is 126 Å². The Kier molecular flexibility index (Phi) is 3.45. The molecule has 0 radical (unpaired) electrons. The summed E-state index contributed by atoms with van der Waals surface area (Å²) in [5, 5.41) is 3.20. The minimum atomic E-state index is -0.752. The van der Waals surface area contributed by atoms with E-state index >= 15 is 0 Å². The minimum Gasteiger partial charge on any atom is -0.404 e. The van der Waals surface area contributed by atoms with Gasteiger partial charge in [-0.1, -0.05) is 13.8 Å². The van der Waals surface area contributed by atoms with Crippen molar-refractivity contribution < 1.29 is 13.7 Å². The molecule has 6 heteroatoms. The third-order valence-corrected chi connectivity index (χ3v) is 6.41. The molecule has 2 aliphatic heterocycles. The summed E-state index contributed by atoms with van der Waals surface area (Å²) >= 11 is 0. The molecule has 0 spiro atoms. The van der Waals surface area contributed by atoms with Crippen molar-refractivity contribution >= 4 is 19.5 Å². The molecule has 0 aromatic heterocycles. The Bertz CT molecular complexity index is 413. The summed E-state index contributed by atoms with van der Waals surface area (Å²) in [6, 6.07) is 0. The van der Waals surface area contributed by atoms with E-state index in [-0.39, 0.29) is 37.2 Å². The summed E-state index contributed by atoms with van der Waals surface area (Å²) in [7, 11) is -0.258. The van der Waals surface area contributed by atoms with Gasteiger partial charge in [-0.3, -0.25) is 0 Å². The molecule has 2 unspecified atom stereocenters. The predicted molar refractivity (Wildman–Crippen MR) is 78.7 cm³/mol. The zero-order valence-electron chi connectivity index (χ0n) is 12.4. The Hall–Kier alpha value is 0.165. The van der Waals surface area contributed by atoms with Crippen LogP contribution in [0.1, 0.15) is 40.0 Å². The lowest BCUT2D eigenvalue weighted by atomic mass is 9.43. The molecule has 114 valence electrons. The van der Waals surface area contributed by atoms with Crippen molar-refractivity contribution in [3.05, 3.63) is 0 Å². The van der Waals surface area contributed by atoms with Crippen LogP contribution in [0.4, 0.5) is 4.39 Å². The van der Waals surface area contributed by atoms with E-state index in [0.717, 1.165) is 12.3 Å². The lowest BCUT2D eigenvalue weighted by molar-refractivity contribution is -0.199. The lowest BCUT2D eigenvalue weighted by Gasteiger charge is -2.64. The Morgan fingerprint density at radius 1 is 1.20 bits per heavy atom. The highest BCUT2D eigenvalue weighted by Crippen LogP contribution is 2.65. The molecule has 20 heavy (non-hydrogen) atoms. The van der Waals surface area contributed by atoms with Gasteiger partial charge >= 0.3 is 7.12 Å². The monoisotopic (exact) mass is 303 g/mol. The van der Waals surface area contributed by atoms with Crippen LogP contribution in [0.2, 0.25) is 0 Å². The second-order valence-corrected chi connectivity index (χ2v) is 7.68. The lowest BCUT2D eigenvalue weighted by Crippen LogP contribution is -2.65. The van der Waals surface area contributed by atoms with Gasteiger partial charge in [-0.15, -0.1) is 12.4 Å². The van der Waals surface area contributed by atoms with Crippen molar-refractivity contribution in [3.63, 3.8) is 0 Å². The van der Waals surface area contributed by atoms with Crippen LogP contribution in [0.25, 0.3) is 0 Å². The van der Waals surface area contributed by atoms with Gasteiger partial charge < -0.3 is 14.6 Å². The number of hydrogen-bond acceptors (Lipinski definition) is 3. The van der Waals surface area contributed by atoms with Gasteiger partial charge in [-0.25, -0.2) is 4.39 Å². The summed E-state index contributed by atoms with van der Waals surface area (Å²) in [5.41, 5.74) is 0.203. The Morgan fingerprint density at radius 3 is 2.55 bits per heavy atom. The third kappa shape index (κ3) is 1.82. The average molecular weight is 304 g/mol. The molecule has 5 aliphatic rings. The van der Waals surface area contributed by atoms with Crippen LogP contribution in [0, 0.1) is 17.3 Å². The minimum absolute atomic E-state index is 0. The van der Waals surface area contributed by atoms with E-state index in [1.54, 1.807) is 0 Å². The highest BCUT2D eigenvalue weighted by atomic mass is 35.5. The summed E-state index contributed by atoms with van der Waals surface area (Å²) < 4.78 is 25.8. The predicted octanol–water partition coefficient (Wildman–Crippen LogP) is 2.38. The highest BCUT2D eigenvalue weighted by molar-refractivity contribution is 6.47. The van der Waals surface area contributed by atoms with Gasteiger partial charge in [0.25, 0.3) is 0 Å². The van der Waals surface area contributed by atoms with Gasteiger partial charge in [-0.2, -0.15) is 0 Å². The first-order chi connectivity index (χ1) is 8.91. The molecule has 5 fully saturated rings. The molecule has 2 bridgehead atoms. The van der Waals surface area contributed by atoms with E-state index in [4.69, 9.17) is 9.31 Å². The van der Waals surface area contributed by atoms with Crippen molar-refractivity contribution in [1.29, 1.82) is 0 Å². The van der Waals surface area contributed by atoms with Crippen LogP contribution in [-0.4, -0.2) is 37.5 Å². The van der Waals surface area contributed by atoms with Crippen molar-refractivity contribution in [2.75, 3.05) is 6.54 Å². The molecule has 2 saturated heterocycles. The van der Waals surface area contributed by atoms with Crippen LogP contribution in [0.3, 0.4) is 0 Å². The summed E-state index contributed by atoms with van der Waals surface area (Å²) in [6.45, 7) is 7.36. The van der Waals surface area contributed by atoms with Crippen LogP contribution < -0.4 is 5.32 Å². The molecule has 3 aliphatic carbocycles. The summed E-state index contributed by atoms with van der Waals surface area (Å²) in [5.74, 6) is 1.37. The molecular weight excluding hydrogens is 279 g/mol. The van der Waals surface area contributed by atoms with Gasteiger partial charge in [0.1, 0.15) is 6.17 Å². The van der Waals surface area contributed by atoms with Crippen LogP contribution in [0.5, 0.6) is 0 Å². The smallest absolute Gasteiger partial charge is 0.404 e. The van der Waals surface area contributed by atoms with Crippen LogP contribution >= 0.6 is 12.4 Å². The van der Waals surface area contributed by atoms with Gasteiger partial charge in [-0.05, 0) is 43.4 Å². The van der Waals surface area contributed by atoms with E-state index < -0.39 is 6.17 Å². The summed E-state index contributed by atoms with van der Waals surface area (Å²) in [6.07, 6.45) is 2.33. The molecule has 1 N–H and O–H groups in total. The zero-order valence-corrected chi connectivity index (χ0v) is 13.2. The van der Waals surface area contributed by atoms with Gasteiger partial charge in [0.15, 0.2) is 0 Å². The average Bonchev–Trinajstić information content (AvgIpc) is 2.90. The fraction of sp³-hybridized carbons (Fsp3) is 1.00. The molecule has 2 heterocycles. The molecule has 6 atom stereocenters. The second-order valence-electron chi connectivity index (χ2n) is 7.68. The Morgan fingerprint density at radius 2 is 1.95 bits per heavy atom. The number of alkyl halides is 1. The summed E-state index contributed by atoms with van der Waals surface area (Å²) in [4.78, 5) is 0. The number of halogens is 2. The zero-order chi connectivity index (χ0) is 13.4. The SMILES string of the molecule is CC1(C)[C@@H]2CC3OB(C4C[C@H](F)CN4)O[C@@]3(C)[C@H]1C2.Cl. The number of rotatable bonds is 1. The van der Waals surface area contributed by atoms with E-state index in [9.17, 15) is 4.39 Å². The van der Waals surface area contributed by atoms with Crippen molar-refractivity contribution in [2.24, 2.45) is 17.3 Å². The fourth-order valence-electron chi connectivity index (χ4n) is 5.00. The molecule has 3 nitrogen and oxygen atoms in total. The maximum absolute atomic E-state index is 13.3.